The molecule has 0 aliphatic carbocycles. The quantitative estimate of drug-likeness (QED) is 0.179. The number of nitrogens with zero attached hydrogens (tertiary/aromatic N) is 3. The van der Waals surface area contributed by atoms with Crippen LogP contribution in [0.25, 0.3) is 50.0 Å². The van der Waals surface area contributed by atoms with Crippen LogP contribution in [0, 0.1) is 19.9 Å². The van der Waals surface area contributed by atoms with Crippen LogP contribution in [0.5, 0.6) is 5.75 Å². The minimum absolute atomic E-state index is 0. The summed E-state index contributed by atoms with van der Waals surface area (Å²) >= 11 is 1.59. The second kappa shape index (κ2) is 11.6. The van der Waals surface area contributed by atoms with Crippen molar-refractivity contribution >= 4 is 33.7 Å². The molecule has 42 heavy (non-hydrogen) atoms. The molecule has 0 bridgehead atoms. The van der Waals surface area contributed by atoms with Crippen molar-refractivity contribution in [1.29, 1.82) is 0 Å². The number of fused-ring (bicyclic) bond motifs is 3. The SMILES string of the molecule is Cc1cccc(C)c1-c1ccnc(Sc2[c-]c(-c3ccc4c5ccccc5n(-c5ccccc5O)c4n3)ccc2)c1.[Pt]. The Morgan fingerprint density at radius 2 is 1.52 bits per heavy atom. The van der Waals surface area contributed by atoms with Gasteiger partial charge in [0.1, 0.15) is 11.4 Å². The maximum Gasteiger partial charge on any atom is 0.139 e. The van der Waals surface area contributed by atoms with Gasteiger partial charge < -0.3 is 5.11 Å². The molecule has 7 aromatic rings. The zero-order valence-electron chi connectivity index (χ0n) is 23.0. The maximum atomic E-state index is 10.7. The van der Waals surface area contributed by atoms with Crippen molar-refractivity contribution < 1.29 is 26.2 Å². The summed E-state index contributed by atoms with van der Waals surface area (Å²) in [6.07, 6.45) is 1.88. The number of hydrogen-bond acceptors (Lipinski definition) is 4. The smallest absolute Gasteiger partial charge is 0.139 e. The van der Waals surface area contributed by atoms with Crippen LogP contribution < -0.4 is 0 Å². The molecule has 4 nitrogen and oxygen atoms in total. The van der Waals surface area contributed by atoms with E-state index in [0.29, 0.717) is 5.69 Å². The Bertz CT molecular complexity index is 2060. The van der Waals surface area contributed by atoms with Crippen LogP contribution in [-0.2, 0) is 21.1 Å². The minimum atomic E-state index is 0. The fraction of sp³-hybridized carbons (Fsp3) is 0.0556. The topological polar surface area (TPSA) is 50.9 Å². The summed E-state index contributed by atoms with van der Waals surface area (Å²) in [5.41, 5.74) is 9.13. The Labute approximate surface area is 263 Å². The van der Waals surface area contributed by atoms with E-state index >= 15 is 0 Å². The summed E-state index contributed by atoms with van der Waals surface area (Å²) < 4.78 is 2.03. The third-order valence-corrected chi connectivity index (χ3v) is 8.30. The summed E-state index contributed by atoms with van der Waals surface area (Å²) in [6.45, 7) is 4.30. The zero-order chi connectivity index (χ0) is 27.9. The van der Waals surface area contributed by atoms with Gasteiger partial charge in [-0.2, -0.15) is 0 Å². The van der Waals surface area contributed by atoms with E-state index in [1.807, 2.05) is 59.3 Å². The predicted molar refractivity (Wildman–Crippen MR) is 168 cm³/mol. The number of pyridine rings is 2. The molecule has 0 atom stereocenters. The first-order chi connectivity index (χ1) is 20.1. The number of phenols is 1. The number of aromatic hydroxyl groups is 1. The third kappa shape index (κ3) is 5.04. The zero-order valence-corrected chi connectivity index (χ0v) is 26.1. The fourth-order valence-corrected chi connectivity index (χ4v) is 6.38. The first kappa shape index (κ1) is 28.0. The van der Waals surface area contributed by atoms with Crippen molar-refractivity contribution in [3.05, 3.63) is 133 Å². The van der Waals surface area contributed by atoms with Gasteiger partial charge in [0, 0.05) is 38.0 Å². The summed E-state index contributed by atoms with van der Waals surface area (Å²) in [7, 11) is 0. The number of para-hydroxylation sites is 3. The molecule has 3 heterocycles. The van der Waals surface area contributed by atoms with Crippen molar-refractivity contribution in [3.63, 3.8) is 0 Å². The van der Waals surface area contributed by atoms with Gasteiger partial charge in [0.25, 0.3) is 0 Å². The van der Waals surface area contributed by atoms with Gasteiger partial charge in [0.05, 0.1) is 16.2 Å². The summed E-state index contributed by atoms with van der Waals surface area (Å²) in [5, 5.41) is 13.8. The van der Waals surface area contributed by atoms with E-state index in [-0.39, 0.29) is 26.8 Å². The summed E-state index contributed by atoms with van der Waals surface area (Å²) in [5.74, 6) is 0.211. The molecule has 1 N–H and O–H groups in total. The second-order valence-corrected chi connectivity index (χ2v) is 11.2. The van der Waals surface area contributed by atoms with Crippen LogP contribution in [0.15, 0.2) is 125 Å². The van der Waals surface area contributed by atoms with Gasteiger partial charge in [0.15, 0.2) is 0 Å². The first-order valence-electron chi connectivity index (χ1n) is 13.5. The molecule has 0 unspecified atom stereocenters. The van der Waals surface area contributed by atoms with Gasteiger partial charge in [-0.25, -0.2) is 4.98 Å². The van der Waals surface area contributed by atoms with E-state index in [2.05, 4.69) is 79.5 Å². The van der Waals surface area contributed by atoms with Crippen LogP contribution in [0.1, 0.15) is 11.1 Å². The van der Waals surface area contributed by atoms with Gasteiger partial charge in [-0.05, 0) is 72.1 Å². The van der Waals surface area contributed by atoms with Gasteiger partial charge >= 0.3 is 0 Å². The Morgan fingerprint density at radius 1 is 0.762 bits per heavy atom. The average molecular weight is 744 g/mol. The summed E-state index contributed by atoms with van der Waals surface area (Å²) in [6, 6.07) is 40.0. The Hall–Kier alpha value is -4.18. The minimum Gasteiger partial charge on any atom is -0.506 e. The molecule has 0 fully saturated rings. The van der Waals surface area contributed by atoms with Crippen molar-refractivity contribution in [2.24, 2.45) is 0 Å². The largest absolute Gasteiger partial charge is 0.506 e. The van der Waals surface area contributed by atoms with Crippen LogP contribution in [0.2, 0.25) is 0 Å². The molecular formula is C36H26N3OPtS-. The molecule has 208 valence electrons. The van der Waals surface area contributed by atoms with Crippen LogP contribution in [0.3, 0.4) is 0 Å². The maximum absolute atomic E-state index is 10.7. The van der Waals surface area contributed by atoms with E-state index in [9.17, 15) is 5.11 Å². The Morgan fingerprint density at radius 3 is 2.36 bits per heavy atom. The molecule has 0 aliphatic heterocycles. The Balaban J connectivity index is 0.00000316. The van der Waals surface area contributed by atoms with Gasteiger partial charge in [-0.15, -0.1) is 29.8 Å². The number of aryl methyl sites for hydroxylation is 2. The van der Waals surface area contributed by atoms with E-state index in [0.717, 1.165) is 43.1 Å². The molecule has 3 aromatic heterocycles. The van der Waals surface area contributed by atoms with E-state index in [4.69, 9.17) is 4.98 Å². The third-order valence-electron chi connectivity index (χ3n) is 7.41. The van der Waals surface area contributed by atoms with Gasteiger partial charge in [0.2, 0.25) is 0 Å². The number of hydrogen-bond donors (Lipinski definition) is 1. The van der Waals surface area contributed by atoms with Crippen molar-refractivity contribution in [2.45, 2.75) is 23.8 Å². The molecule has 6 heteroatoms. The number of aromatic nitrogens is 3. The Kier molecular flexibility index (Phi) is 7.72. The predicted octanol–water partition coefficient (Wildman–Crippen LogP) is 9.18. The molecule has 7 rings (SSSR count). The molecule has 0 amide bonds. The van der Waals surface area contributed by atoms with E-state index < -0.39 is 0 Å². The van der Waals surface area contributed by atoms with Crippen LogP contribution in [-0.4, -0.2) is 19.6 Å². The van der Waals surface area contributed by atoms with Crippen molar-refractivity contribution in [1.82, 2.24) is 14.5 Å². The number of phenolic OH excluding ortho intramolecular Hbond substituents is 1. The standard InChI is InChI=1S/C36H26N3OS.Pt/c1-23-9-7-10-24(2)35(23)26-19-20-37-34(22-26)41-27-12-8-11-25(21-27)30-18-17-29-28-13-3-4-14-31(28)39(36(29)38-30)32-15-5-6-16-33(32)40;/h3-20,22,40H,1-2H3;/q-1;. The first-order valence-corrected chi connectivity index (χ1v) is 14.3. The van der Waals surface area contributed by atoms with Crippen molar-refractivity contribution in [2.75, 3.05) is 0 Å². The van der Waals surface area contributed by atoms with Gasteiger partial charge in [-0.3, -0.25) is 9.55 Å². The molecule has 0 radical (unpaired) electrons. The molecule has 0 saturated heterocycles. The molecule has 0 spiro atoms. The van der Waals surface area contributed by atoms with E-state index in [1.54, 1.807) is 17.8 Å². The monoisotopic (exact) mass is 743 g/mol. The van der Waals surface area contributed by atoms with E-state index in [1.165, 1.54) is 22.3 Å². The second-order valence-electron chi connectivity index (χ2n) is 10.1. The molecule has 0 aliphatic rings. The number of rotatable bonds is 5. The normalized spacial score (nSPS) is 11.1. The summed E-state index contributed by atoms with van der Waals surface area (Å²) in [4.78, 5) is 10.7. The average Bonchev–Trinajstić information content (AvgIpc) is 3.31. The number of benzene rings is 4. The molecular weight excluding hydrogens is 718 g/mol. The molecule has 0 saturated carbocycles. The van der Waals surface area contributed by atoms with Gasteiger partial charge in [-0.1, -0.05) is 77.3 Å². The fourth-order valence-electron chi connectivity index (χ4n) is 5.55. The van der Waals surface area contributed by atoms with Crippen LogP contribution >= 0.6 is 11.8 Å². The van der Waals surface area contributed by atoms with Crippen LogP contribution in [0.4, 0.5) is 0 Å². The van der Waals surface area contributed by atoms with Crippen molar-refractivity contribution in [3.8, 4) is 33.8 Å². The molecule has 4 aromatic carbocycles.